The van der Waals surface area contributed by atoms with Crippen molar-refractivity contribution in [3.8, 4) is 0 Å². The molecule has 0 bridgehead atoms. The first-order valence-electron chi connectivity index (χ1n) is 7.25. The van der Waals surface area contributed by atoms with Gasteiger partial charge in [0.05, 0.1) is 33.0 Å². The van der Waals surface area contributed by atoms with Gasteiger partial charge in [0.25, 0.3) is 0 Å². The van der Waals surface area contributed by atoms with Crippen LogP contribution in [0.2, 0.25) is 0 Å². The molecule has 1 fully saturated rings. The highest BCUT2D eigenvalue weighted by Crippen LogP contribution is 2.24. The Morgan fingerprint density at radius 1 is 1.05 bits per heavy atom. The lowest BCUT2D eigenvalue weighted by Gasteiger charge is -2.33. The van der Waals surface area contributed by atoms with Crippen LogP contribution in [-0.2, 0) is 14.2 Å². The van der Waals surface area contributed by atoms with Crippen molar-refractivity contribution < 1.29 is 14.2 Å². The van der Waals surface area contributed by atoms with Gasteiger partial charge in [-0.05, 0) is 31.8 Å². The van der Waals surface area contributed by atoms with Crippen LogP contribution in [0.4, 0.5) is 0 Å². The summed E-state index contributed by atoms with van der Waals surface area (Å²) in [5.41, 5.74) is 0. The van der Waals surface area contributed by atoms with E-state index in [1.54, 1.807) is 7.11 Å². The number of rotatable bonds is 10. The van der Waals surface area contributed by atoms with E-state index in [0.29, 0.717) is 31.3 Å². The maximum atomic E-state index is 5.57. The van der Waals surface area contributed by atoms with Gasteiger partial charge < -0.3 is 19.1 Å². The van der Waals surface area contributed by atoms with Crippen molar-refractivity contribution in [3.05, 3.63) is 0 Å². The minimum absolute atomic E-state index is 0.648. The number of piperidine rings is 1. The van der Waals surface area contributed by atoms with Gasteiger partial charge in [-0.3, -0.25) is 0 Å². The average molecular weight is 338 g/mol. The van der Waals surface area contributed by atoms with E-state index < -0.39 is 0 Å². The molecule has 1 aliphatic heterocycles. The van der Waals surface area contributed by atoms with E-state index >= 15 is 0 Å². The first-order valence-corrected chi connectivity index (χ1v) is 8.16. The molecule has 0 aromatic rings. The highest BCUT2D eigenvalue weighted by Gasteiger charge is 2.21. The third kappa shape index (κ3) is 8.25. The zero-order valence-electron chi connectivity index (χ0n) is 12.3. The largest absolute Gasteiger partial charge is 0.382 e. The fourth-order valence-corrected chi connectivity index (χ4v) is 2.82. The molecule has 0 aromatic carbocycles. The molecule has 0 N–H and O–H groups in total. The van der Waals surface area contributed by atoms with Crippen LogP contribution < -0.4 is 0 Å². The Morgan fingerprint density at radius 3 is 2.21 bits per heavy atom. The van der Waals surface area contributed by atoms with Crippen LogP contribution in [0.1, 0.15) is 19.8 Å². The van der Waals surface area contributed by atoms with Crippen LogP contribution in [-0.4, -0.2) is 69.5 Å². The molecule has 1 aliphatic rings. The van der Waals surface area contributed by atoms with Gasteiger partial charge in [-0.2, -0.15) is 0 Å². The van der Waals surface area contributed by atoms with Gasteiger partial charge in [0.15, 0.2) is 0 Å². The summed E-state index contributed by atoms with van der Waals surface area (Å²) in [6, 6.07) is 0. The second-order valence-corrected chi connectivity index (χ2v) is 6.52. The van der Waals surface area contributed by atoms with Crippen LogP contribution in [0.15, 0.2) is 0 Å². The molecule has 4 nitrogen and oxygen atoms in total. The Morgan fingerprint density at radius 2 is 1.63 bits per heavy atom. The minimum Gasteiger partial charge on any atom is -0.382 e. The number of nitrogens with zero attached hydrogens (tertiary/aromatic N) is 1. The molecule has 0 aliphatic carbocycles. The Balaban J connectivity index is 1.88. The third-order valence-corrected chi connectivity index (χ3v) is 4.39. The summed E-state index contributed by atoms with van der Waals surface area (Å²) in [6.45, 7) is 9.16. The smallest absolute Gasteiger partial charge is 0.0701 e. The van der Waals surface area contributed by atoms with Crippen molar-refractivity contribution in [3.63, 3.8) is 0 Å². The summed E-state index contributed by atoms with van der Waals surface area (Å²) in [6.07, 6.45) is 2.60. The van der Waals surface area contributed by atoms with E-state index in [2.05, 4.69) is 27.8 Å². The van der Waals surface area contributed by atoms with E-state index in [-0.39, 0.29) is 0 Å². The lowest BCUT2D eigenvalue weighted by molar-refractivity contribution is 0.0173. The molecule has 1 atom stereocenters. The normalized spacial score (nSPS) is 19.7. The Labute approximate surface area is 125 Å². The van der Waals surface area contributed by atoms with Crippen molar-refractivity contribution in [2.24, 2.45) is 5.92 Å². The summed E-state index contributed by atoms with van der Waals surface area (Å²) >= 11 is 3.69. The van der Waals surface area contributed by atoms with Gasteiger partial charge >= 0.3 is 0 Å². The third-order valence-electron chi connectivity index (χ3n) is 3.64. The Kier molecular flexibility index (Phi) is 10.1. The molecule has 19 heavy (non-hydrogen) atoms. The monoisotopic (exact) mass is 337 g/mol. The lowest BCUT2D eigenvalue weighted by Crippen LogP contribution is -2.37. The second-order valence-electron chi connectivity index (χ2n) is 5.07. The first-order chi connectivity index (χ1) is 9.24. The average Bonchev–Trinajstić information content (AvgIpc) is 2.42. The molecule has 1 rings (SSSR count). The van der Waals surface area contributed by atoms with Gasteiger partial charge in [-0.25, -0.2) is 0 Å². The molecule has 1 unspecified atom stereocenters. The van der Waals surface area contributed by atoms with Gasteiger partial charge in [0.1, 0.15) is 0 Å². The molecule has 0 aromatic heterocycles. The van der Waals surface area contributed by atoms with E-state index in [1.165, 1.54) is 25.9 Å². The zero-order valence-corrected chi connectivity index (χ0v) is 13.9. The molecule has 0 saturated carbocycles. The topological polar surface area (TPSA) is 30.9 Å². The summed E-state index contributed by atoms with van der Waals surface area (Å²) in [5.74, 6) is 0.839. The fraction of sp³-hybridized carbons (Fsp3) is 1.00. The van der Waals surface area contributed by atoms with E-state index in [0.717, 1.165) is 19.1 Å². The molecule has 1 heterocycles. The molecule has 5 heteroatoms. The van der Waals surface area contributed by atoms with Crippen LogP contribution in [0, 0.1) is 5.92 Å². The molecular weight excluding hydrogens is 310 g/mol. The lowest BCUT2D eigenvalue weighted by atomic mass is 9.94. The standard InChI is InChI=1S/C14H28BrNO3/c1-13(15)14-3-5-16(6-4-14)7-8-18-11-12-19-10-9-17-2/h13-14H,3-12H2,1-2H3. The fourth-order valence-electron chi connectivity index (χ4n) is 2.29. The van der Waals surface area contributed by atoms with Crippen LogP contribution in [0.3, 0.4) is 0 Å². The summed E-state index contributed by atoms with van der Waals surface area (Å²) in [4.78, 5) is 3.15. The molecule has 1 saturated heterocycles. The van der Waals surface area contributed by atoms with E-state index in [4.69, 9.17) is 14.2 Å². The van der Waals surface area contributed by atoms with Crippen molar-refractivity contribution in [2.75, 3.05) is 59.8 Å². The SMILES string of the molecule is COCCOCCOCCN1CCC(C(C)Br)CC1. The number of halogens is 1. The number of hydrogen-bond acceptors (Lipinski definition) is 4. The summed E-state index contributed by atoms with van der Waals surface area (Å²) in [5, 5.41) is 0. The van der Waals surface area contributed by atoms with Crippen LogP contribution in [0.5, 0.6) is 0 Å². The number of methoxy groups -OCH3 is 1. The number of ether oxygens (including phenoxy) is 3. The van der Waals surface area contributed by atoms with E-state index in [1.807, 2.05) is 0 Å². The Hall–Kier alpha value is 0.320. The molecule has 0 spiro atoms. The molecular formula is C14H28BrNO3. The van der Waals surface area contributed by atoms with Gasteiger partial charge in [0, 0.05) is 18.5 Å². The summed E-state index contributed by atoms with van der Waals surface area (Å²) in [7, 11) is 1.68. The van der Waals surface area contributed by atoms with Gasteiger partial charge in [-0.1, -0.05) is 22.9 Å². The van der Waals surface area contributed by atoms with Gasteiger partial charge in [-0.15, -0.1) is 0 Å². The highest BCUT2D eigenvalue weighted by atomic mass is 79.9. The highest BCUT2D eigenvalue weighted by molar-refractivity contribution is 9.09. The predicted octanol–water partition coefficient (Wildman–Crippen LogP) is 2.16. The van der Waals surface area contributed by atoms with Crippen molar-refractivity contribution >= 4 is 15.9 Å². The second kappa shape index (κ2) is 11.0. The number of hydrogen-bond donors (Lipinski definition) is 0. The van der Waals surface area contributed by atoms with Crippen molar-refractivity contribution in [1.29, 1.82) is 0 Å². The Bertz CT molecular complexity index is 209. The van der Waals surface area contributed by atoms with Crippen molar-refractivity contribution in [2.45, 2.75) is 24.6 Å². The zero-order chi connectivity index (χ0) is 13.9. The molecule has 114 valence electrons. The quantitative estimate of drug-likeness (QED) is 0.451. The molecule has 0 amide bonds. The maximum absolute atomic E-state index is 5.57. The number of likely N-dealkylation sites (tertiary alicyclic amines) is 1. The predicted molar refractivity (Wildman–Crippen MR) is 81.1 cm³/mol. The van der Waals surface area contributed by atoms with Crippen molar-refractivity contribution in [1.82, 2.24) is 4.90 Å². The van der Waals surface area contributed by atoms with E-state index in [9.17, 15) is 0 Å². The number of alkyl halides is 1. The van der Waals surface area contributed by atoms with Crippen LogP contribution in [0.25, 0.3) is 0 Å². The first kappa shape index (κ1) is 17.4. The van der Waals surface area contributed by atoms with Gasteiger partial charge in [0.2, 0.25) is 0 Å². The maximum Gasteiger partial charge on any atom is 0.0701 e. The molecule has 0 radical (unpaired) electrons. The minimum atomic E-state index is 0.648. The van der Waals surface area contributed by atoms with Crippen LogP contribution >= 0.6 is 15.9 Å². The summed E-state index contributed by atoms with van der Waals surface area (Å²) < 4.78 is 15.8.